The van der Waals surface area contributed by atoms with Crippen LogP contribution in [0.15, 0.2) is 67.1 Å². The first-order chi connectivity index (χ1) is 34.3. The Bertz CT molecular complexity index is 2510. The Morgan fingerprint density at radius 1 is 0.886 bits per heavy atom. The van der Waals surface area contributed by atoms with Gasteiger partial charge in [-0.25, -0.2) is 15.0 Å². The monoisotopic (exact) mass is 973 g/mol. The van der Waals surface area contributed by atoms with E-state index >= 15 is 0 Å². The Kier molecular flexibility index (Phi) is 16.8. The zero-order valence-corrected chi connectivity index (χ0v) is 41.4. The fraction of sp³-hybridized carbons (Fsp3) is 0.547. The van der Waals surface area contributed by atoms with E-state index in [1.807, 2.05) is 35.1 Å². The van der Waals surface area contributed by atoms with E-state index in [0.29, 0.717) is 52.9 Å². The van der Waals surface area contributed by atoms with Crippen LogP contribution in [0.5, 0.6) is 11.6 Å². The molecule has 0 bridgehead atoms. The molecule has 1 aromatic carbocycles. The van der Waals surface area contributed by atoms with Gasteiger partial charge in [-0.1, -0.05) is 24.6 Å². The Labute approximate surface area is 417 Å². The predicted molar refractivity (Wildman–Crippen MR) is 273 cm³/mol. The van der Waals surface area contributed by atoms with Gasteiger partial charge in [-0.3, -0.25) is 4.79 Å². The predicted octanol–water partition coefficient (Wildman–Crippen LogP) is 7.38. The van der Waals surface area contributed by atoms with Crippen LogP contribution in [-0.2, 0) is 13.0 Å². The molecule has 0 radical (unpaired) electrons. The lowest BCUT2D eigenvalue weighted by Gasteiger charge is -2.39. The third-order valence-electron chi connectivity index (χ3n) is 14.7. The third kappa shape index (κ3) is 12.6. The molecule has 3 N–H and O–H groups in total. The van der Waals surface area contributed by atoms with Gasteiger partial charge in [0.1, 0.15) is 29.3 Å². The number of aliphatic hydroxyl groups excluding tert-OH is 1. The quantitative estimate of drug-likeness (QED) is 0.0700. The topological polar surface area (TPSA) is 173 Å². The lowest BCUT2D eigenvalue weighted by atomic mass is 9.92. The average Bonchev–Trinajstić information content (AvgIpc) is 3.82. The zero-order chi connectivity index (χ0) is 48.2. The van der Waals surface area contributed by atoms with Crippen LogP contribution in [0.4, 0.5) is 17.5 Å². The van der Waals surface area contributed by atoms with Crippen LogP contribution in [0, 0.1) is 17.2 Å². The number of hydrogen-bond acceptors (Lipinski definition) is 14. The number of rotatable bonds is 19. The molecule has 9 rings (SSSR count). The van der Waals surface area contributed by atoms with Crippen molar-refractivity contribution in [3.63, 3.8) is 0 Å². The molecule has 1 amide bonds. The molecular formula is C53H69ClN12O4. The average molecular weight is 974 g/mol. The molecule has 17 heteroatoms. The van der Waals surface area contributed by atoms with Gasteiger partial charge in [-0.2, -0.15) is 14.9 Å². The number of carbonyl (C=O) groups is 1. The van der Waals surface area contributed by atoms with E-state index in [1.54, 1.807) is 24.4 Å². The molecule has 4 aliphatic rings. The van der Waals surface area contributed by atoms with Gasteiger partial charge in [0.2, 0.25) is 5.88 Å². The highest BCUT2D eigenvalue weighted by Crippen LogP contribution is 2.31. The standard InChI is InChI=1S/C53H69ClN12O4/c1-2-40-36-59-66-49(31-50(61-52(40)66)65-21-4-3-6-44(65)19-28-67)56-33-39-7-16-51(58-34-39)69-29-5-20-62-24-26-63(27-25-62)37-38-17-22-64(23-18-38)48-15-9-42(35-57-48)53(68)60-43-10-13-45(14-11-43)70-46-12-8-41(32-55)47(54)30-46/h7-9,12,15-16,30-31,34-36,38,43-45,56,67H,2-6,10-11,13-14,17-29,33,37H2,1H3,(H,60,68)/t43-,44?,45-. The third-order valence-corrected chi connectivity index (χ3v) is 15.1. The summed E-state index contributed by atoms with van der Waals surface area (Å²) in [4.78, 5) is 37.4. The number of nitrogens with one attached hydrogen (secondary N) is 2. The van der Waals surface area contributed by atoms with E-state index < -0.39 is 0 Å². The number of nitrogens with zero attached hydrogens (tertiary/aromatic N) is 10. The van der Waals surface area contributed by atoms with Crippen LogP contribution < -0.4 is 29.9 Å². The Balaban J connectivity index is 0.638. The summed E-state index contributed by atoms with van der Waals surface area (Å²) in [6.07, 6.45) is 17.1. The van der Waals surface area contributed by atoms with Gasteiger partial charge in [-0.15, -0.1) is 0 Å². The first-order valence-corrected chi connectivity index (χ1v) is 26.1. The molecule has 4 fully saturated rings. The summed E-state index contributed by atoms with van der Waals surface area (Å²) in [6, 6.07) is 17.6. The summed E-state index contributed by atoms with van der Waals surface area (Å²) in [5, 5.41) is 30.7. The number of piperidine rings is 2. The summed E-state index contributed by atoms with van der Waals surface area (Å²) in [5.41, 5.74) is 4.07. The summed E-state index contributed by atoms with van der Waals surface area (Å²) >= 11 is 6.18. The number of piperazine rings is 1. The highest BCUT2D eigenvalue weighted by atomic mass is 35.5. The molecule has 1 aliphatic carbocycles. The van der Waals surface area contributed by atoms with E-state index in [9.17, 15) is 9.90 Å². The van der Waals surface area contributed by atoms with Crippen molar-refractivity contribution in [2.75, 3.05) is 87.2 Å². The minimum absolute atomic E-state index is 0.0537. The van der Waals surface area contributed by atoms with Crippen molar-refractivity contribution < 1.29 is 19.4 Å². The van der Waals surface area contributed by atoms with Gasteiger partial charge < -0.3 is 44.8 Å². The maximum absolute atomic E-state index is 13.1. The molecule has 5 aromatic rings. The summed E-state index contributed by atoms with van der Waals surface area (Å²) in [5.74, 6) is 4.68. The van der Waals surface area contributed by atoms with E-state index in [0.717, 1.165) is 164 Å². The Hall–Kier alpha value is -5.73. The largest absolute Gasteiger partial charge is 0.490 e. The number of ether oxygens (including phenoxy) is 2. The molecule has 1 atom stereocenters. The Morgan fingerprint density at radius 3 is 2.44 bits per heavy atom. The summed E-state index contributed by atoms with van der Waals surface area (Å²) in [6.45, 7) is 13.0. The molecule has 7 heterocycles. The number of aryl methyl sites for hydroxylation is 1. The van der Waals surface area contributed by atoms with E-state index in [-0.39, 0.29) is 24.7 Å². The fourth-order valence-corrected chi connectivity index (χ4v) is 10.8. The Morgan fingerprint density at radius 2 is 1.71 bits per heavy atom. The lowest BCUT2D eigenvalue weighted by molar-refractivity contribution is 0.0893. The van der Waals surface area contributed by atoms with Crippen LogP contribution in [0.2, 0.25) is 5.02 Å². The van der Waals surface area contributed by atoms with Crippen LogP contribution in [0.25, 0.3) is 5.65 Å². The number of nitriles is 1. The second kappa shape index (κ2) is 23.9. The number of carbonyl (C=O) groups excluding carboxylic acids is 1. The number of fused-ring (bicyclic) bond motifs is 1. The van der Waals surface area contributed by atoms with Gasteiger partial charge in [0.05, 0.1) is 35.1 Å². The number of amides is 1. The maximum Gasteiger partial charge on any atom is 0.253 e. The lowest BCUT2D eigenvalue weighted by Crippen LogP contribution is -2.49. The van der Waals surface area contributed by atoms with Crippen molar-refractivity contribution in [2.45, 2.75) is 109 Å². The van der Waals surface area contributed by atoms with Crippen molar-refractivity contribution in [3.05, 3.63) is 94.4 Å². The van der Waals surface area contributed by atoms with Crippen molar-refractivity contribution in [1.29, 1.82) is 5.26 Å². The summed E-state index contributed by atoms with van der Waals surface area (Å²) in [7, 11) is 0. The van der Waals surface area contributed by atoms with E-state index in [1.165, 1.54) is 6.42 Å². The molecule has 70 heavy (non-hydrogen) atoms. The molecule has 372 valence electrons. The second-order valence-corrected chi connectivity index (χ2v) is 19.9. The summed E-state index contributed by atoms with van der Waals surface area (Å²) < 4.78 is 14.1. The maximum atomic E-state index is 13.1. The SMILES string of the molecule is CCc1cnn2c(NCc3ccc(OCCCN4CCN(CC5CCN(c6ccc(C(=O)N[C@H]7CC[C@H](Oc8ccc(C#N)c(Cl)c8)CC7)cn6)CC5)CC4)nc3)cc(N3CCCCC3CCO)nc12. The number of aliphatic hydroxyl groups is 1. The highest BCUT2D eigenvalue weighted by molar-refractivity contribution is 6.31. The number of hydrogen-bond donors (Lipinski definition) is 3. The van der Waals surface area contributed by atoms with Crippen molar-refractivity contribution in [3.8, 4) is 17.7 Å². The first-order valence-electron chi connectivity index (χ1n) is 25.7. The van der Waals surface area contributed by atoms with Crippen molar-refractivity contribution >= 4 is 40.6 Å². The fourth-order valence-electron chi connectivity index (χ4n) is 10.6. The van der Waals surface area contributed by atoms with Crippen molar-refractivity contribution in [2.24, 2.45) is 5.92 Å². The molecular weight excluding hydrogens is 904 g/mol. The van der Waals surface area contributed by atoms with Gasteiger partial charge in [0.25, 0.3) is 5.91 Å². The number of anilines is 3. The van der Waals surface area contributed by atoms with Gasteiger partial charge in [0, 0.05) is 120 Å². The van der Waals surface area contributed by atoms with E-state index in [2.05, 4.69) is 65.4 Å². The molecule has 1 saturated carbocycles. The number of halogens is 1. The molecule has 0 spiro atoms. The van der Waals surface area contributed by atoms with Crippen LogP contribution in [0.3, 0.4) is 0 Å². The van der Waals surface area contributed by atoms with E-state index in [4.69, 9.17) is 36.3 Å². The van der Waals surface area contributed by atoms with Gasteiger partial charge in [0.15, 0.2) is 5.65 Å². The smallest absolute Gasteiger partial charge is 0.253 e. The number of benzene rings is 1. The zero-order valence-electron chi connectivity index (χ0n) is 40.7. The molecule has 16 nitrogen and oxygen atoms in total. The molecule has 4 aromatic heterocycles. The van der Waals surface area contributed by atoms with Crippen LogP contribution in [0.1, 0.15) is 105 Å². The van der Waals surface area contributed by atoms with Gasteiger partial charge in [-0.05, 0) is 113 Å². The van der Waals surface area contributed by atoms with Crippen LogP contribution in [-0.4, -0.2) is 136 Å². The second-order valence-electron chi connectivity index (χ2n) is 19.5. The normalized spacial score (nSPS) is 20.6. The highest BCUT2D eigenvalue weighted by Gasteiger charge is 2.28. The van der Waals surface area contributed by atoms with Gasteiger partial charge >= 0.3 is 0 Å². The number of aromatic nitrogens is 5. The molecule has 3 saturated heterocycles. The molecule has 1 unspecified atom stereocenters. The molecule has 3 aliphatic heterocycles. The van der Waals surface area contributed by atoms with Crippen LogP contribution >= 0.6 is 11.6 Å². The minimum Gasteiger partial charge on any atom is -0.490 e. The minimum atomic E-state index is -0.0838. The van der Waals surface area contributed by atoms with Crippen molar-refractivity contribution in [1.82, 2.24) is 39.7 Å². The number of pyridine rings is 2. The first kappa shape index (κ1) is 49.3.